The normalized spacial score (nSPS) is 26.3. The van der Waals surface area contributed by atoms with Crippen LogP contribution in [0.25, 0.3) is 0 Å². The summed E-state index contributed by atoms with van der Waals surface area (Å²) in [5.74, 6) is 0. The van der Waals surface area contributed by atoms with Crippen molar-refractivity contribution in [2.75, 3.05) is 19.6 Å². The van der Waals surface area contributed by atoms with E-state index in [4.69, 9.17) is 0 Å². The molecule has 0 N–H and O–H groups in total. The molecule has 2 fully saturated rings. The van der Waals surface area contributed by atoms with Crippen LogP contribution in [0.5, 0.6) is 0 Å². The number of carbonyl (C=O) groups excluding carboxylic acids is 1. The molecule has 1 unspecified atom stereocenters. The van der Waals surface area contributed by atoms with E-state index in [9.17, 15) is 4.79 Å². The average molecular weight is 252 g/mol. The average Bonchev–Trinajstić information content (AvgIpc) is 2.38. The number of likely N-dealkylation sites (tertiary alicyclic amines) is 2. The Bertz CT molecular complexity index is 289. The second-order valence-electron chi connectivity index (χ2n) is 6.90. The van der Waals surface area contributed by atoms with E-state index in [2.05, 4.69) is 30.6 Å². The van der Waals surface area contributed by atoms with Crippen LogP contribution in [0.1, 0.15) is 59.3 Å². The Kier molecular flexibility index (Phi) is 4.18. The molecule has 0 aromatic rings. The maximum atomic E-state index is 12.7. The minimum Gasteiger partial charge on any atom is -0.325 e. The zero-order valence-electron chi connectivity index (χ0n) is 12.2. The molecule has 0 bridgehead atoms. The number of urea groups is 1. The second-order valence-corrected chi connectivity index (χ2v) is 6.90. The quantitative estimate of drug-likeness (QED) is 0.647. The van der Waals surface area contributed by atoms with Crippen LogP contribution in [0.3, 0.4) is 0 Å². The van der Waals surface area contributed by atoms with Gasteiger partial charge in [0.2, 0.25) is 0 Å². The van der Waals surface area contributed by atoms with Gasteiger partial charge in [0.15, 0.2) is 0 Å². The van der Waals surface area contributed by atoms with E-state index in [1.54, 1.807) is 0 Å². The zero-order chi connectivity index (χ0) is 13.2. The van der Waals surface area contributed by atoms with Crippen molar-refractivity contribution in [2.45, 2.75) is 65.3 Å². The molecule has 2 rings (SSSR count). The summed E-state index contributed by atoms with van der Waals surface area (Å²) in [5, 5.41) is 0. The fraction of sp³-hybridized carbons (Fsp3) is 0.933. The molecular weight excluding hydrogens is 224 g/mol. The Labute approximate surface area is 112 Å². The molecule has 0 aromatic heterocycles. The Morgan fingerprint density at radius 2 is 1.56 bits per heavy atom. The Hall–Kier alpha value is -0.730. The summed E-state index contributed by atoms with van der Waals surface area (Å²) in [6, 6.07) is 0.718. The van der Waals surface area contributed by atoms with E-state index in [1.165, 1.54) is 38.5 Å². The lowest BCUT2D eigenvalue weighted by atomic mass is 9.81. The molecule has 104 valence electrons. The summed E-state index contributed by atoms with van der Waals surface area (Å²) in [4.78, 5) is 16.9. The van der Waals surface area contributed by atoms with Gasteiger partial charge in [-0.3, -0.25) is 0 Å². The maximum absolute atomic E-state index is 12.7. The first-order valence-electron chi connectivity index (χ1n) is 7.56. The standard InChI is InChI=1S/C15H28N2O/c1-15(2,3)13-9-5-8-12-17(13)14(18)16-10-6-4-7-11-16/h13H,4-12H2,1-3H3. The largest absolute Gasteiger partial charge is 0.325 e. The molecule has 0 aromatic carbocycles. The van der Waals surface area contributed by atoms with Gasteiger partial charge >= 0.3 is 6.03 Å². The zero-order valence-corrected chi connectivity index (χ0v) is 12.2. The van der Waals surface area contributed by atoms with E-state index in [0.717, 1.165) is 19.6 Å². The number of hydrogen-bond donors (Lipinski definition) is 0. The molecule has 0 spiro atoms. The summed E-state index contributed by atoms with van der Waals surface area (Å²) in [5.41, 5.74) is 0.200. The van der Waals surface area contributed by atoms with E-state index >= 15 is 0 Å². The van der Waals surface area contributed by atoms with Crippen LogP contribution in [0, 0.1) is 5.41 Å². The van der Waals surface area contributed by atoms with E-state index in [-0.39, 0.29) is 5.41 Å². The minimum atomic E-state index is 0.200. The van der Waals surface area contributed by atoms with Crippen molar-refractivity contribution in [2.24, 2.45) is 5.41 Å². The SMILES string of the molecule is CC(C)(C)C1CCCCN1C(=O)N1CCCCC1. The fourth-order valence-corrected chi connectivity index (χ4v) is 3.33. The van der Waals surface area contributed by atoms with E-state index in [0.29, 0.717) is 12.1 Å². The molecule has 3 nitrogen and oxygen atoms in total. The highest BCUT2D eigenvalue weighted by atomic mass is 16.2. The van der Waals surface area contributed by atoms with Gasteiger partial charge in [0, 0.05) is 25.7 Å². The summed E-state index contributed by atoms with van der Waals surface area (Å²) in [7, 11) is 0. The predicted molar refractivity (Wildman–Crippen MR) is 74.6 cm³/mol. The highest BCUT2D eigenvalue weighted by molar-refractivity contribution is 5.75. The molecule has 2 heterocycles. The van der Waals surface area contributed by atoms with Gasteiger partial charge in [0.1, 0.15) is 0 Å². The number of carbonyl (C=O) groups is 1. The topological polar surface area (TPSA) is 23.6 Å². The summed E-state index contributed by atoms with van der Waals surface area (Å²) in [6.45, 7) is 9.67. The lowest BCUT2D eigenvalue weighted by Crippen LogP contribution is -2.55. The van der Waals surface area contributed by atoms with Crippen LogP contribution < -0.4 is 0 Å². The number of rotatable bonds is 0. The Morgan fingerprint density at radius 1 is 0.944 bits per heavy atom. The van der Waals surface area contributed by atoms with Gasteiger partial charge in [-0.05, 0) is 43.9 Å². The summed E-state index contributed by atoms with van der Waals surface area (Å²) < 4.78 is 0. The summed E-state index contributed by atoms with van der Waals surface area (Å²) >= 11 is 0. The fourth-order valence-electron chi connectivity index (χ4n) is 3.33. The lowest BCUT2D eigenvalue weighted by Gasteiger charge is -2.45. The van der Waals surface area contributed by atoms with Gasteiger partial charge in [0.05, 0.1) is 0 Å². The maximum Gasteiger partial charge on any atom is 0.320 e. The molecule has 2 aliphatic heterocycles. The second kappa shape index (κ2) is 5.50. The molecule has 18 heavy (non-hydrogen) atoms. The Morgan fingerprint density at radius 3 is 2.17 bits per heavy atom. The highest BCUT2D eigenvalue weighted by Crippen LogP contribution is 2.32. The van der Waals surface area contributed by atoms with Crippen LogP contribution in [-0.4, -0.2) is 41.5 Å². The Balaban J connectivity index is 2.05. The molecular formula is C15H28N2O. The molecule has 3 heteroatoms. The van der Waals surface area contributed by atoms with Crippen LogP contribution >= 0.6 is 0 Å². The molecule has 0 radical (unpaired) electrons. The van der Waals surface area contributed by atoms with Crippen LogP contribution in [0.2, 0.25) is 0 Å². The highest BCUT2D eigenvalue weighted by Gasteiger charge is 2.36. The number of hydrogen-bond acceptors (Lipinski definition) is 1. The van der Waals surface area contributed by atoms with Crippen LogP contribution in [-0.2, 0) is 0 Å². The number of nitrogens with zero attached hydrogens (tertiary/aromatic N) is 2. The van der Waals surface area contributed by atoms with E-state index in [1.807, 2.05) is 0 Å². The van der Waals surface area contributed by atoms with Crippen molar-refractivity contribution in [3.8, 4) is 0 Å². The monoisotopic (exact) mass is 252 g/mol. The van der Waals surface area contributed by atoms with Gasteiger partial charge in [-0.15, -0.1) is 0 Å². The molecule has 1 atom stereocenters. The first kappa shape index (κ1) is 13.7. The van der Waals surface area contributed by atoms with Crippen molar-refractivity contribution < 1.29 is 4.79 Å². The van der Waals surface area contributed by atoms with Gasteiger partial charge in [0.25, 0.3) is 0 Å². The van der Waals surface area contributed by atoms with Crippen molar-refractivity contribution >= 4 is 6.03 Å². The third-order valence-corrected chi connectivity index (χ3v) is 4.37. The third-order valence-electron chi connectivity index (χ3n) is 4.37. The molecule has 2 saturated heterocycles. The van der Waals surface area contributed by atoms with Crippen molar-refractivity contribution in [1.82, 2.24) is 9.80 Å². The molecule has 0 saturated carbocycles. The van der Waals surface area contributed by atoms with E-state index < -0.39 is 0 Å². The van der Waals surface area contributed by atoms with Crippen molar-refractivity contribution in [3.63, 3.8) is 0 Å². The van der Waals surface area contributed by atoms with Crippen LogP contribution in [0.15, 0.2) is 0 Å². The van der Waals surface area contributed by atoms with Crippen molar-refractivity contribution in [3.05, 3.63) is 0 Å². The van der Waals surface area contributed by atoms with Crippen LogP contribution in [0.4, 0.5) is 4.79 Å². The molecule has 2 amide bonds. The number of piperidine rings is 2. The van der Waals surface area contributed by atoms with Gasteiger partial charge in [-0.25, -0.2) is 4.79 Å². The predicted octanol–water partition coefficient (Wildman–Crippen LogP) is 3.49. The van der Waals surface area contributed by atoms with Crippen molar-refractivity contribution in [1.29, 1.82) is 0 Å². The first-order valence-corrected chi connectivity index (χ1v) is 7.56. The number of amides is 2. The van der Waals surface area contributed by atoms with Gasteiger partial charge < -0.3 is 9.80 Å². The lowest BCUT2D eigenvalue weighted by molar-refractivity contribution is 0.0631. The smallest absolute Gasteiger partial charge is 0.320 e. The third kappa shape index (κ3) is 2.99. The first-order chi connectivity index (χ1) is 8.50. The molecule has 2 aliphatic rings. The van der Waals surface area contributed by atoms with Gasteiger partial charge in [-0.1, -0.05) is 20.8 Å². The van der Waals surface area contributed by atoms with Gasteiger partial charge in [-0.2, -0.15) is 0 Å². The summed E-state index contributed by atoms with van der Waals surface area (Å²) in [6.07, 6.45) is 7.26. The molecule has 0 aliphatic carbocycles. The minimum absolute atomic E-state index is 0.200.